The molecule has 2 heteroatoms. The minimum atomic E-state index is 0.335. The number of nitrogens with one attached hydrogen (secondary N) is 1. The van der Waals surface area contributed by atoms with Gasteiger partial charge < -0.3 is 10.1 Å². The quantitative estimate of drug-likeness (QED) is 0.703. The van der Waals surface area contributed by atoms with Crippen LogP contribution in [0.3, 0.4) is 0 Å². The van der Waals surface area contributed by atoms with E-state index in [1.54, 1.807) is 0 Å². The zero-order valence-corrected chi connectivity index (χ0v) is 13.2. The Morgan fingerprint density at radius 1 is 1.05 bits per heavy atom. The molecule has 0 amide bonds. The molecule has 0 saturated carbocycles. The highest BCUT2D eigenvalue weighted by Crippen LogP contribution is 2.27. The van der Waals surface area contributed by atoms with Crippen LogP contribution in [-0.4, -0.2) is 12.6 Å². The molecule has 0 fully saturated rings. The van der Waals surface area contributed by atoms with Crippen LogP contribution in [0.4, 0.5) is 0 Å². The normalized spacial score (nSPS) is 11.1. The molecule has 19 heavy (non-hydrogen) atoms. The summed E-state index contributed by atoms with van der Waals surface area (Å²) in [5.41, 5.74) is 3.85. The van der Waals surface area contributed by atoms with Gasteiger partial charge in [0.15, 0.2) is 0 Å². The SMILES string of the molecule is CCCNCc1cc(C)c(OC(CC)CC)c(C)c1. The average Bonchev–Trinajstić information content (AvgIpc) is 2.39. The van der Waals surface area contributed by atoms with Gasteiger partial charge in [-0.1, -0.05) is 32.9 Å². The van der Waals surface area contributed by atoms with E-state index in [1.165, 1.54) is 23.1 Å². The van der Waals surface area contributed by atoms with Crippen molar-refractivity contribution in [2.75, 3.05) is 6.54 Å². The van der Waals surface area contributed by atoms with Gasteiger partial charge in [-0.3, -0.25) is 0 Å². The Hall–Kier alpha value is -1.02. The summed E-state index contributed by atoms with van der Waals surface area (Å²) in [7, 11) is 0. The lowest BCUT2D eigenvalue weighted by atomic mass is 10.0. The number of hydrogen-bond donors (Lipinski definition) is 1. The predicted molar refractivity (Wildman–Crippen MR) is 82.9 cm³/mol. The average molecular weight is 263 g/mol. The molecule has 0 heterocycles. The molecule has 0 aliphatic rings. The Morgan fingerprint density at radius 2 is 1.63 bits per heavy atom. The molecule has 0 aliphatic carbocycles. The van der Waals surface area contributed by atoms with E-state index in [2.05, 4.69) is 52.1 Å². The van der Waals surface area contributed by atoms with Crippen LogP contribution >= 0.6 is 0 Å². The van der Waals surface area contributed by atoms with Gasteiger partial charge in [-0.2, -0.15) is 0 Å². The zero-order chi connectivity index (χ0) is 14.3. The highest BCUT2D eigenvalue weighted by atomic mass is 16.5. The van der Waals surface area contributed by atoms with Gasteiger partial charge in [0.25, 0.3) is 0 Å². The summed E-state index contributed by atoms with van der Waals surface area (Å²) in [5.74, 6) is 1.08. The minimum Gasteiger partial charge on any atom is -0.490 e. The Morgan fingerprint density at radius 3 is 2.11 bits per heavy atom. The summed E-state index contributed by atoms with van der Waals surface area (Å²) in [5, 5.41) is 3.45. The van der Waals surface area contributed by atoms with Crippen LogP contribution in [0.2, 0.25) is 0 Å². The number of ether oxygens (including phenoxy) is 1. The molecule has 0 aromatic heterocycles. The molecule has 0 aliphatic heterocycles. The van der Waals surface area contributed by atoms with Crippen molar-refractivity contribution in [1.29, 1.82) is 0 Å². The molecule has 0 unspecified atom stereocenters. The van der Waals surface area contributed by atoms with Crippen molar-refractivity contribution in [3.8, 4) is 5.75 Å². The Labute approximate surface area is 118 Å². The molecule has 1 aromatic rings. The zero-order valence-electron chi connectivity index (χ0n) is 13.2. The molecule has 1 N–H and O–H groups in total. The summed E-state index contributed by atoms with van der Waals surface area (Å²) < 4.78 is 6.13. The van der Waals surface area contributed by atoms with Crippen molar-refractivity contribution in [3.63, 3.8) is 0 Å². The Balaban J connectivity index is 2.79. The van der Waals surface area contributed by atoms with Crippen LogP contribution in [0, 0.1) is 13.8 Å². The maximum absolute atomic E-state index is 6.13. The van der Waals surface area contributed by atoms with Crippen LogP contribution in [0.5, 0.6) is 5.75 Å². The fourth-order valence-electron chi connectivity index (χ4n) is 2.36. The molecule has 0 atom stereocenters. The maximum Gasteiger partial charge on any atom is 0.125 e. The van der Waals surface area contributed by atoms with E-state index in [4.69, 9.17) is 4.74 Å². The second-order valence-electron chi connectivity index (χ2n) is 5.29. The summed E-state index contributed by atoms with van der Waals surface area (Å²) in [6.07, 6.45) is 3.64. The van der Waals surface area contributed by atoms with Crippen LogP contribution in [0.15, 0.2) is 12.1 Å². The molecule has 2 nitrogen and oxygen atoms in total. The van der Waals surface area contributed by atoms with Crippen LogP contribution in [0.25, 0.3) is 0 Å². The molecule has 1 rings (SSSR count). The Kier molecular flexibility index (Phi) is 6.93. The first kappa shape index (κ1) is 16.0. The smallest absolute Gasteiger partial charge is 0.125 e. The van der Waals surface area contributed by atoms with Crippen LogP contribution in [0.1, 0.15) is 56.7 Å². The van der Waals surface area contributed by atoms with E-state index in [-0.39, 0.29) is 0 Å². The second-order valence-corrected chi connectivity index (χ2v) is 5.29. The van der Waals surface area contributed by atoms with Crippen molar-refractivity contribution in [2.45, 2.75) is 66.5 Å². The fourth-order valence-corrected chi connectivity index (χ4v) is 2.36. The van der Waals surface area contributed by atoms with Crippen molar-refractivity contribution in [3.05, 3.63) is 28.8 Å². The monoisotopic (exact) mass is 263 g/mol. The van der Waals surface area contributed by atoms with Gasteiger partial charge in [-0.05, 0) is 56.3 Å². The summed E-state index contributed by atoms with van der Waals surface area (Å²) in [6, 6.07) is 4.49. The Bertz CT molecular complexity index is 360. The number of rotatable bonds is 8. The first-order valence-electron chi connectivity index (χ1n) is 7.59. The largest absolute Gasteiger partial charge is 0.490 e. The molecule has 0 saturated heterocycles. The van der Waals surface area contributed by atoms with E-state index >= 15 is 0 Å². The van der Waals surface area contributed by atoms with Crippen molar-refractivity contribution < 1.29 is 4.74 Å². The third kappa shape index (κ3) is 4.87. The highest BCUT2D eigenvalue weighted by Gasteiger charge is 2.11. The van der Waals surface area contributed by atoms with Gasteiger partial charge in [0.05, 0.1) is 6.10 Å². The van der Waals surface area contributed by atoms with Crippen LogP contribution in [-0.2, 0) is 6.54 Å². The van der Waals surface area contributed by atoms with E-state index < -0.39 is 0 Å². The van der Waals surface area contributed by atoms with Gasteiger partial charge in [0.1, 0.15) is 5.75 Å². The lowest BCUT2D eigenvalue weighted by Gasteiger charge is -2.20. The molecule has 108 valence electrons. The highest BCUT2D eigenvalue weighted by molar-refractivity contribution is 5.43. The number of aryl methyl sites for hydroxylation is 2. The second kappa shape index (κ2) is 8.21. The molecular weight excluding hydrogens is 234 g/mol. The number of hydrogen-bond acceptors (Lipinski definition) is 2. The summed E-state index contributed by atoms with van der Waals surface area (Å²) in [6.45, 7) is 12.9. The van der Waals surface area contributed by atoms with Crippen molar-refractivity contribution in [2.24, 2.45) is 0 Å². The van der Waals surface area contributed by atoms with Gasteiger partial charge in [0.2, 0.25) is 0 Å². The van der Waals surface area contributed by atoms with E-state index in [9.17, 15) is 0 Å². The lowest BCUT2D eigenvalue weighted by molar-refractivity contribution is 0.190. The first-order valence-corrected chi connectivity index (χ1v) is 7.59. The minimum absolute atomic E-state index is 0.335. The van der Waals surface area contributed by atoms with Crippen LogP contribution < -0.4 is 10.1 Å². The lowest BCUT2D eigenvalue weighted by Crippen LogP contribution is -2.16. The topological polar surface area (TPSA) is 21.3 Å². The van der Waals surface area contributed by atoms with E-state index in [0.29, 0.717) is 6.10 Å². The van der Waals surface area contributed by atoms with Crippen molar-refractivity contribution in [1.82, 2.24) is 5.32 Å². The molecule has 0 spiro atoms. The van der Waals surface area contributed by atoms with Gasteiger partial charge in [-0.15, -0.1) is 0 Å². The standard InChI is InChI=1S/C17H29NO/c1-6-9-18-12-15-10-13(4)17(14(5)11-15)19-16(7-2)8-3/h10-11,16,18H,6-9,12H2,1-5H3. The molecule has 0 bridgehead atoms. The van der Waals surface area contributed by atoms with E-state index in [0.717, 1.165) is 31.7 Å². The predicted octanol–water partition coefficient (Wildman–Crippen LogP) is 4.37. The third-order valence-electron chi connectivity index (χ3n) is 3.47. The molecular formula is C17H29NO. The molecule has 0 radical (unpaired) electrons. The number of benzene rings is 1. The maximum atomic E-state index is 6.13. The molecule has 1 aromatic carbocycles. The van der Waals surface area contributed by atoms with E-state index in [1.807, 2.05) is 0 Å². The van der Waals surface area contributed by atoms with Crippen molar-refractivity contribution >= 4 is 0 Å². The van der Waals surface area contributed by atoms with Gasteiger partial charge in [0, 0.05) is 6.54 Å². The van der Waals surface area contributed by atoms with Gasteiger partial charge in [-0.25, -0.2) is 0 Å². The fraction of sp³-hybridized carbons (Fsp3) is 0.647. The third-order valence-corrected chi connectivity index (χ3v) is 3.47. The first-order chi connectivity index (χ1) is 9.12. The summed E-state index contributed by atoms with van der Waals surface area (Å²) in [4.78, 5) is 0. The summed E-state index contributed by atoms with van der Waals surface area (Å²) >= 11 is 0. The van der Waals surface area contributed by atoms with Gasteiger partial charge >= 0.3 is 0 Å².